The Hall–Kier alpha value is -4.47. The summed E-state index contributed by atoms with van der Waals surface area (Å²) >= 11 is 6.41. The lowest BCUT2D eigenvalue weighted by Gasteiger charge is -2.16. The molecule has 0 amide bonds. The second kappa shape index (κ2) is 11.5. The number of hydrogen-bond acceptors (Lipinski definition) is 6. The number of nitrogens with zero attached hydrogens (tertiary/aromatic N) is 2. The molecule has 0 spiro atoms. The van der Waals surface area contributed by atoms with Crippen LogP contribution in [0.1, 0.15) is 48.5 Å². The minimum atomic E-state index is 0.116. The van der Waals surface area contributed by atoms with Gasteiger partial charge in [-0.1, -0.05) is 48.0 Å². The smallest absolute Gasteiger partial charge is 0.153 e. The highest BCUT2D eigenvalue weighted by Crippen LogP contribution is 2.34. The van der Waals surface area contributed by atoms with Gasteiger partial charge in [0, 0.05) is 29.6 Å². The van der Waals surface area contributed by atoms with Crippen molar-refractivity contribution in [1.82, 2.24) is 4.98 Å². The van der Waals surface area contributed by atoms with Crippen LogP contribution in [0.2, 0.25) is 5.02 Å². The molecular formula is C30H23ClN2O4. The molecule has 1 heterocycles. The van der Waals surface area contributed by atoms with Crippen molar-refractivity contribution in [1.29, 1.82) is 5.26 Å². The molecular weight excluding hydrogens is 488 g/mol. The Bertz CT molecular complexity index is 1520. The van der Waals surface area contributed by atoms with Gasteiger partial charge in [-0.2, -0.15) is 5.26 Å². The van der Waals surface area contributed by atoms with Crippen molar-refractivity contribution < 1.29 is 19.1 Å². The maximum atomic E-state index is 11.6. The van der Waals surface area contributed by atoms with Crippen molar-refractivity contribution in [3.63, 3.8) is 0 Å². The summed E-state index contributed by atoms with van der Waals surface area (Å²) in [4.78, 5) is 27.0. The van der Waals surface area contributed by atoms with Crippen molar-refractivity contribution in [2.24, 2.45) is 0 Å². The van der Waals surface area contributed by atoms with Crippen LogP contribution < -0.4 is 9.47 Å². The molecule has 1 aromatic heterocycles. The third kappa shape index (κ3) is 5.69. The highest BCUT2D eigenvalue weighted by molar-refractivity contribution is 6.32. The van der Waals surface area contributed by atoms with Gasteiger partial charge in [0.2, 0.25) is 0 Å². The molecule has 4 rings (SSSR count). The number of pyridine rings is 1. The van der Waals surface area contributed by atoms with Crippen molar-refractivity contribution >= 4 is 24.2 Å². The summed E-state index contributed by atoms with van der Waals surface area (Å²) in [5, 5.41) is 9.35. The Balaban J connectivity index is 1.57. The monoisotopic (exact) mass is 510 g/mol. The fourth-order valence-electron chi connectivity index (χ4n) is 4.03. The lowest BCUT2D eigenvalue weighted by Crippen LogP contribution is -2.03. The number of aldehydes is 2. The molecule has 0 saturated heterocycles. The van der Waals surface area contributed by atoms with Gasteiger partial charge in [0.25, 0.3) is 0 Å². The van der Waals surface area contributed by atoms with E-state index in [1.54, 1.807) is 24.4 Å². The van der Waals surface area contributed by atoms with E-state index in [4.69, 9.17) is 26.3 Å². The van der Waals surface area contributed by atoms with Crippen LogP contribution in [-0.2, 0) is 13.2 Å². The average molecular weight is 511 g/mol. The van der Waals surface area contributed by atoms with Crippen LogP contribution in [-0.4, -0.2) is 17.6 Å². The van der Waals surface area contributed by atoms with E-state index >= 15 is 0 Å². The number of rotatable bonds is 9. The quantitative estimate of drug-likeness (QED) is 0.233. The Kier molecular flexibility index (Phi) is 7.97. The van der Waals surface area contributed by atoms with Crippen molar-refractivity contribution in [3.05, 3.63) is 111 Å². The maximum absolute atomic E-state index is 11.6. The fraction of sp³-hybridized carbons (Fsp3) is 0.133. The predicted octanol–water partition coefficient (Wildman–Crippen LogP) is 6.67. The molecule has 4 aromatic rings. The first-order chi connectivity index (χ1) is 17.9. The molecule has 0 radical (unpaired) electrons. The fourth-order valence-corrected chi connectivity index (χ4v) is 4.25. The second-order valence-corrected chi connectivity index (χ2v) is 8.84. The number of nitriles is 1. The second-order valence-electron chi connectivity index (χ2n) is 8.44. The molecule has 7 heteroatoms. The minimum absolute atomic E-state index is 0.116. The van der Waals surface area contributed by atoms with Crippen LogP contribution in [0.15, 0.2) is 67.0 Å². The number of benzene rings is 3. The molecule has 6 nitrogen and oxygen atoms in total. The molecule has 0 aliphatic rings. The van der Waals surface area contributed by atoms with E-state index in [0.717, 1.165) is 34.1 Å². The zero-order valence-corrected chi connectivity index (χ0v) is 21.1. The Morgan fingerprint density at radius 3 is 2.30 bits per heavy atom. The van der Waals surface area contributed by atoms with Gasteiger partial charge in [-0.25, -0.2) is 0 Å². The third-order valence-electron chi connectivity index (χ3n) is 6.13. The molecule has 0 aliphatic carbocycles. The van der Waals surface area contributed by atoms with E-state index in [1.807, 2.05) is 50.2 Å². The van der Waals surface area contributed by atoms with Crippen LogP contribution in [0.25, 0.3) is 11.1 Å². The minimum Gasteiger partial charge on any atom is -0.488 e. The number of ether oxygens (including phenoxy) is 2. The molecule has 0 saturated carbocycles. The topological polar surface area (TPSA) is 89.3 Å². The van der Waals surface area contributed by atoms with E-state index in [9.17, 15) is 9.59 Å². The van der Waals surface area contributed by atoms with Crippen LogP contribution in [0.4, 0.5) is 0 Å². The van der Waals surface area contributed by atoms with Gasteiger partial charge in [0.1, 0.15) is 37.1 Å². The van der Waals surface area contributed by atoms with E-state index in [0.29, 0.717) is 34.5 Å². The van der Waals surface area contributed by atoms with E-state index < -0.39 is 0 Å². The summed E-state index contributed by atoms with van der Waals surface area (Å²) in [6.07, 6.45) is 4.59. The molecule has 3 aromatic carbocycles. The SMILES string of the molecule is Cc1c(C=O)cccc1-c1cccc(COc2cc(OCc3cncc(C#N)c3)c(C=O)cc2Cl)c1C. The van der Waals surface area contributed by atoms with Gasteiger partial charge >= 0.3 is 0 Å². The Morgan fingerprint density at radius 2 is 1.57 bits per heavy atom. The molecule has 0 bridgehead atoms. The van der Waals surface area contributed by atoms with Gasteiger partial charge in [0.15, 0.2) is 6.29 Å². The molecule has 0 N–H and O–H groups in total. The summed E-state index contributed by atoms with van der Waals surface area (Å²) in [5.41, 5.74) is 6.95. The van der Waals surface area contributed by atoms with Gasteiger partial charge in [-0.05, 0) is 53.8 Å². The Labute approximate surface area is 220 Å². The highest BCUT2D eigenvalue weighted by Gasteiger charge is 2.14. The molecule has 0 aliphatic heterocycles. The number of carbonyl (C=O) groups excluding carboxylic acids is 2. The standard InChI is InChI=1S/C30H23ClN2O4/c1-19-23(15-34)5-3-7-26(19)27-8-4-6-24(20(27)2)18-37-30-11-29(25(16-35)10-28(30)31)36-17-22-9-21(12-32)13-33-14-22/h3-11,13-16H,17-18H2,1-2H3. The van der Waals surface area contributed by atoms with E-state index in [-0.39, 0.29) is 23.8 Å². The first-order valence-corrected chi connectivity index (χ1v) is 11.8. The van der Waals surface area contributed by atoms with Gasteiger partial charge in [-0.3, -0.25) is 14.6 Å². The van der Waals surface area contributed by atoms with Gasteiger partial charge < -0.3 is 9.47 Å². The van der Waals surface area contributed by atoms with E-state index in [2.05, 4.69) is 4.98 Å². The largest absolute Gasteiger partial charge is 0.488 e. The zero-order valence-electron chi connectivity index (χ0n) is 20.3. The summed E-state index contributed by atoms with van der Waals surface area (Å²) < 4.78 is 11.9. The first kappa shape index (κ1) is 25.6. The van der Waals surface area contributed by atoms with Gasteiger partial charge in [-0.15, -0.1) is 0 Å². The molecule has 0 fully saturated rings. The molecule has 184 valence electrons. The van der Waals surface area contributed by atoms with Crippen LogP contribution in [0.3, 0.4) is 0 Å². The lowest BCUT2D eigenvalue weighted by molar-refractivity contribution is 0.111. The summed E-state index contributed by atoms with van der Waals surface area (Å²) in [6.45, 7) is 4.30. The Morgan fingerprint density at radius 1 is 0.865 bits per heavy atom. The first-order valence-electron chi connectivity index (χ1n) is 11.5. The van der Waals surface area contributed by atoms with Crippen LogP contribution >= 0.6 is 11.6 Å². The van der Waals surface area contributed by atoms with E-state index in [1.165, 1.54) is 12.3 Å². The number of carbonyl (C=O) groups is 2. The molecule has 0 atom stereocenters. The molecule has 0 unspecified atom stereocenters. The van der Waals surface area contributed by atoms with Crippen LogP contribution in [0, 0.1) is 25.2 Å². The average Bonchev–Trinajstić information content (AvgIpc) is 2.92. The number of halogens is 1. The highest BCUT2D eigenvalue weighted by atomic mass is 35.5. The van der Waals surface area contributed by atoms with Crippen LogP contribution in [0.5, 0.6) is 11.5 Å². The van der Waals surface area contributed by atoms with Crippen molar-refractivity contribution in [3.8, 4) is 28.7 Å². The third-order valence-corrected chi connectivity index (χ3v) is 6.43. The summed E-state index contributed by atoms with van der Waals surface area (Å²) in [7, 11) is 0. The summed E-state index contributed by atoms with van der Waals surface area (Å²) in [5.74, 6) is 0.679. The molecule has 37 heavy (non-hydrogen) atoms. The zero-order chi connectivity index (χ0) is 26.4. The lowest BCUT2D eigenvalue weighted by atomic mass is 9.92. The van der Waals surface area contributed by atoms with Gasteiger partial charge in [0.05, 0.1) is 16.1 Å². The predicted molar refractivity (Wildman–Crippen MR) is 141 cm³/mol. The maximum Gasteiger partial charge on any atom is 0.153 e. The normalized spacial score (nSPS) is 10.4. The van der Waals surface area contributed by atoms with Crippen molar-refractivity contribution in [2.45, 2.75) is 27.1 Å². The van der Waals surface area contributed by atoms with Crippen molar-refractivity contribution in [2.75, 3.05) is 0 Å². The number of aromatic nitrogens is 1. The summed E-state index contributed by atoms with van der Waals surface area (Å²) in [6, 6.07) is 18.4. The number of hydrogen-bond donors (Lipinski definition) is 0.